The summed E-state index contributed by atoms with van der Waals surface area (Å²) in [4.78, 5) is 4.36. The molecule has 4 heteroatoms. The van der Waals surface area contributed by atoms with Gasteiger partial charge in [0.25, 0.3) is 0 Å². The number of benzene rings is 1. The lowest BCUT2D eigenvalue weighted by atomic mass is 10.2. The molecule has 1 N–H and O–H groups in total. The summed E-state index contributed by atoms with van der Waals surface area (Å²) >= 11 is 0. The van der Waals surface area contributed by atoms with Crippen molar-refractivity contribution in [1.82, 2.24) is 9.55 Å². The molecule has 0 unspecified atom stereocenters. The molecule has 0 bridgehead atoms. The van der Waals surface area contributed by atoms with Gasteiger partial charge in [0, 0.05) is 12.7 Å². The van der Waals surface area contributed by atoms with Crippen molar-refractivity contribution in [3.63, 3.8) is 0 Å². The van der Waals surface area contributed by atoms with Crippen molar-refractivity contribution in [2.75, 3.05) is 11.9 Å². The number of nitrogens with one attached hydrogen (secondary N) is 1. The van der Waals surface area contributed by atoms with Crippen molar-refractivity contribution < 1.29 is 4.39 Å². The van der Waals surface area contributed by atoms with Gasteiger partial charge in [-0.3, -0.25) is 4.57 Å². The van der Waals surface area contributed by atoms with Gasteiger partial charge in [-0.15, -0.1) is 6.58 Å². The predicted octanol–water partition coefficient (Wildman–Crippen LogP) is 3.23. The highest BCUT2D eigenvalue weighted by molar-refractivity contribution is 5.44. The Morgan fingerprint density at radius 1 is 1.44 bits per heavy atom. The van der Waals surface area contributed by atoms with Crippen molar-refractivity contribution >= 4 is 5.95 Å². The maximum atomic E-state index is 13.6. The molecule has 0 radical (unpaired) electrons. The normalized spacial score (nSPS) is 10.4. The minimum absolute atomic E-state index is 0.214. The summed E-state index contributed by atoms with van der Waals surface area (Å²) in [6.45, 7) is 7.92. The van der Waals surface area contributed by atoms with Crippen LogP contribution in [0, 0.1) is 19.7 Å². The fourth-order valence-electron chi connectivity index (χ4n) is 1.71. The molecule has 0 amide bonds. The van der Waals surface area contributed by atoms with Crippen molar-refractivity contribution in [2.45, 2.75) is 13.8 Å². The van der Waals surface area contributed by atoms with E-state index in [0.717, 1.165) is 11.4 Å². The molecule has 0 saturated heterocycles. The molecule has 0 aliphatic heterocycles. The zero-order valence-corrected chi connectivity index (χ0v) is 10.6. The lowest BCUT2D eigenvalue weighted by molar-refractivity contribution is 0.617. The molecule has 2 rings (SSSR count). The van der Waals surface area contributed by atoms with Crippen LogP contribution in [0.3, 0.4) is 0 Å². The van der Waals surface area contributed by atoms with Gasteiger partial charge in [0.2, 0.25) is 5.95 Å². The number of anilines is 1. The van der Waals surface area contributed by atoms with Crippen LogP contribution >= 0.6 is 0 Å². The van der Waals surface area contributed by atoms with Crippen LogP contribution in [-0.2, 0) is 0 Å². The molecular formula is C14H16FN3. The van der Waals surface area contributed by atoms with E-state index >= 15 is 0 Å². The van der Waals surface area contributed by atoms with Crippen LogP contribution in [0.15, 0.2) is 37.1 Å². The van der Waals surface area contributed by atoms with Gasteiger partial charge in [0.05, 0.1) is 11.4 Å². The number of hydrogen-bond donors (Lipinski definition) is 1. The Hall–Kier alpha value is -2.10. The molecule has 2 aromatic rings. The number of hydrogen-bond acceptors (Lipinski definition) is 2. The maximum Gasteiger partial charge on any atom is 0.207 e. The molecule has 0 aliphatic rings. The molecule has 1 aromatic heterocycles. The summed E-state index contributed by atoms with van der Waals surface area (Å²) in [7, 11) is 0. The van der Waals surface area contributed by atoms with Crippen molar-refractivity contribution in [3.05, 3.63) is 54.1 Å². The summed E-state index contributed by atoms with van der Waals surface area (Å²) in [6.07, 6.45) is 3.62. The summed E-state index contributed by atoms with van der Waals surface area (Å²) < 4.78 is 15.4. The molecule has 94 valence electrons. The van der Waals surface area contributed by atoms with Crippen LogP contribution in [0.4, 0.5) is 10.3 Å². The Bertz CT molecular complexity index is 572. The van der Waals surface area contributed by atoms with Crippen LogP contribution < -0.4 is 5.32 Å². The molecule has 0 atom stereocenters. The summed E-state index contributed by atoms with van der Waals surface area (Å²) in [5, 5.41) is 3.13. The largest absolute Gasteiger partial charge is 0.352 e. The van der Waals surface area contributed by atoms with Crippen LogP contribution in [-0.4, -0.2) is 16.1 Å². The molecule has 0 spiro atoms. The van der Waals surface area contributed by atoms with E-state index in [2.05, 4.69) is 16.9 Å². The van der Waals surface area contributed by atoms with Crippen LogP contribution in [0.1, 0.15) is 11.3 Å². The maximum absolute atomic E-state index is 13.6. The quantitative estimate of drug-likeness (QED) is 0.838. The predicted molar refractivity (Wildman–Crippen MR) is 71.7 cm³/mol. The van der Waals surface area contributed by atoms with Crippen LogP contribution in [0.2, 0.25) is 0 Å². The van der Waals surface area contributed by atoms with E-state index < -0.39 is 0 Å². The molecule has 1 aromatic carbocycles. The molecule has 1 heterocycles. The van der Waals surface area contributed by atoms with E-state index in [4.69, 9.17) is 0 Å². The molecule has 0 aliphatic carbocycles. The lowest BCUT2D eigenvalue weighted by Gasteiger charge is -2.09. The highest BCUT2D eigenvalue weighted by atomic mass is 19.1. The first kappa shape index (κ1) is 12.4. The Kier molecular flexibility index (Phi) is 3.46. The second kappa shape index (κ2) is 5.04. The third-order valence-electron chi connectivity index (χ3n) is 2.66. The van der Waals surface area contributed by atoms with Crippen LogP contribution in [0.5, 0.6) is 0 Å². The summed E-state index contributed by atoms with van der Waals surface area (Å²) in [6, 6.07) is 5.14. The standard InChI is InChI=1S/C14H16FN3/c1-4-7-16-14-17-11(3)9-18(14)12-6-5-10(2)13(15)8-12/h4-6,8-9H,1,7H2,2-3H3,(H,16,17). The van der Waals surface area contributed by atoms with Gasteiger partial charge in [-0.05, 0) is 31.5 Å². The number of halogens is 1. The van der Waals surface area contributed by atoms with Crippen molar-refractivity contribution in [3.8, 4) is 5.69 Å². The number of rotatable bonds is 4. The Morgan fingerprint density at radius 3 is 2.89 bits per heavy atom. The third kappa shape index (κ3) is 2.42. The second-order valence-corrected chi connectivity index (χ2v) is 4.18. The number of imidazole rings is 1. The van der Waals surface area contributed by atoms with Crippen molar-refractivity contribution in [2.24, 2.45) is 0 Å². The van der Waals surface area contributed by atoms with Gasteiger partial charge in [-0.2, -0.15) is 0 Å². The average Bonchev–Trinajstić information content (AvgIpc) is 2.71. The fraction of sp³-hybridized carbons (Fsp3) is 0.214. The first-order valence-corrected chi connectivity index (χ1v) is 5.79. The van der Waals surface area contributed by atoms with E-state index in [1.54, 1.807) is 19.1 Å². The first-order chi connectivity index (χ1) is 8.61. The van der Waals surface area contributed by atoms with E-state index in [0.29, 0.717) is 18.1 Å². The number of aromatic nitrogens is 2. The Morgan fingerprint density at radius 2 is 2.22 bits per heavy atom. The minimum Gasteiger partial charge on any atom is -0.352 e. The average molecular weight is 245 g/mol. The molecule has 0 saturated carbocycles. The Labute approximate surface area is 106 Å². The van der Waals surface area contributed by atoms with Crippen LogP contribution in [0.25, 0.3) is 5.69 Å². The molecule has 0 fully saturated rings. The SMILES string of the molecule is C=CCNc1nc(C)cn1-c1ccc(C)c(F)c1. The van der Waals surface area contributed by atoms with Gasteiger partial charge >= 0.3 is 0 Å². The fourth-order valence-corrected chi connectivity index (χ4v) is 1.71. The molecule has 3 nitrogen and oxygen atoms in total. The highest BCUT2D eigenvalue weighted by Gasteiger charge is 2.08. The van der Waals surface area contributed by atoms with Gasteiger partial charge < -0.3 is 5.32 Å². The summed E-state index contributed by atoms with van der Waals surface area (Å²) in [5.41, 5.74) is 2.27. The smallest absolute Gasteiger partial charge is 0.207 e. The molecule has 18 heavy (non-hydrogen) atoms. The van der Waals surface area contributed by atoms with Gasteiger partial charge in [-0.1, -0.05) is 12.1 Å². The van der Waals surface area contributed by atoms with E-state index in [-0.39, 0.29) is 5.82 Å². The highest BCUT2D eigenvalue weighted by Crippen LogP contribution is 2.19. The topological polar surface area (TPSA) is 29.9 Å². The van der Waals surface area contributed by atoms with Gasteiger partial charge in [0.1, 0.15) is 5.82 Å². The minimum atomic E-state index is -0.214. The first-order valence-electron chi connectivity index (χ1n) is 5.79. The van der Waals surface area contributed by atoms with Crippen molar-refractivity contribution in [1.29, 1.82) is 0 Å². The summed E-state index contributed by atoms with van der Waals surface area (Å²) in [5.74, 6) is 0.476. The molecular weight excluding hydrogens is 229 g/mol. The zero-order valence-electron chi connectivity index (χ0n) is 10.6. The monoisotopic (exact) mass is 245 g/mol. The third-order valence-corrected chi connectivity index (χ3v) is 2.66. The Balaban J connectivity index is 2.42. The lowest BCUT2D eigenvalue weighted by Crippen LogP contribution is -2.05. The van der Waals surface area contributed by atoms with E-state index in [1.165, 1.54) is 6.07 Å². The number of aryl methyl sites for hydroxylation is 2. The van der Waals surface area contributed by atoms with Gasteiger partial charge in [-0.25, -0.2) is 9.37 Å². The number of nitrogens with zero attached hydrogens (tertiary/aromatic N) is 2. The van der Waals surface area contributed by atoms with E-state index in [9.17, 15) is 4.39 Å². The zero-order chi connectivity index (χ0) is 13.1. The second-order valence-electron chi connectivity index (χ2n) is 4.18. The van der Waals surface area contributed by atoms with E-state index in [1.807, 2.05) is 23.8 Å². The van der Waals surface area contributed by atoms with Gasteiger partial charge in [0.15, 0.2) is 0 Å².